The third-order valence-corrected chi connectivity index (χ3v) is 3.21. The van der Waals surface area contributed by atoms with Gasteiger partial charge in [-0.1, -0.05) is 18.7 Å². The summed E-state index contributed by atoms with van der Waals surface area (Å²) in [4.78, 5) is 2.48. The molecule has 0 radical (unpaired) electrons. The van der Waals surface area contributed by atoms with E-state index in [-0.39, 0.29) is 5.60 Å². The quantitative estimate of drug-likeness (QED) is 0.414. The summed E-state index contributed by atoms with van der Waals surface area (Å²) in [5, 5.41) is 0. The van der Waals surface area contributed by atoms with Crippen molar-refractivity contribution < 1.29 is 4.74 Å². The minimum absolute atomic E-state index is 0.248. The molecule has 2 aliphatic rings. The highest BCUT2D eigenvalue weighted by atomic mass is 16.6. The van der Waals surface area contributed by atoms with Crippen LogP contribution < -0.4 is 0 Å². The molecule has 1 spiro atoms. The average molecular weight is 221 g/mol. The van der Waals surface area contributed by atoms with E-state index in [1.807, 2.05) is 6.08 Å². The SMILES string of the molecule is C=C.C=C/C(=C\C)CN1CCCC2(CO2)C1. The number of epoxide rings is 1. The number of likely N-dealkylation sites (tertiary alicyclic amines) is 1. The minimum Gasteiger partial charge on any atom is -0.368 e. The number of nitrogens with zero attached hydrogens (tertiary/aromatic N) is 1. The van der Waals surface area contributed by atoms with Gasteiger partial charge in [0.2, 0.25) is 0 Å². The van der Waals surface area contributed by atoms with Crippen molar-refractivity contribution in [3.05, 3.63) is 37.5 Å². The Morgan fingerprint density at radius 3 is 2.69 bits per heavy atom. The van der Waals surface area contributed by atoms with Crippen molar-refractivity contribution in [2.75, 3.05) is 26.2 Å². The Morgan fingerprint density at radius 2 is 2.19 bits per heavy atom. The van der Waals surface area contributed by atoms with Gasteiger partial charge in [-0.15, -0.1) is 13.2 Å². The van der Waals surface area contributed by atoms with Crippen molar-refractivity contribution in [2.45, 2.75) is 25.4 Å². The van der Waals surface area contributed by atoms with Gasteiger partial charge in [0.05, 0.1) is 6.61 Å². The van der Waals surface area contributed by atoms with Gasteiger partial charge >= 0.3 is 0 Å². The summed E-state index contributed by atoms with van der Waals surface area (Å²) in [5.41, 5.74) is 1.57. The highest BCUT2D eigenvalue weighted by molar-refractivity contribution is 5.17. The standard InChI is InChI=1S/C12H19NO.C2H4/c1-3-11(4-2)8-13-7-5-6-12(9-13)10-14-12;1-2/h3-4H,1,5-10H2,2H3;1-2H2/b11-4+;. The molecule has 90 valence electrons. The van der Waals surface area contributed by atoms with Crippen LogP contribution in [0.15, 0.2) is 37.5 Å². The van der Waals surface area contributed by atoms with Crippen LogP contribution in [0.3, 0.4) is 0 Å². The summed E-state index contributed by atoms with van der Waals surface area (Å²) in [6, 6.07) is 0. The Balaban J connectivity index is 0.000000606. The minimum atomic E-state index is 0.248. The van der Waals surface area contributed by atoms with Gasteiger partial charge in [-0.2, -0.15) is 0 Å². The predicted octanol–water partition coefficient (Wildman–Crippen LogP) is 2.79. The molecule has 0 saturated carbocycles. The Morgan fingerprint density at radius 1 is 1.50 bits per heavy atom. The second-order valence-corrected chi connectivity index (χ2v) is 4.35. The van der Waals surface area contributed by atoms with Crippen LogP contribution in [0.5, 0.6) is 0 Å². The van der Waals surface area contributed by atoms with Crippen molar-refractivity contribution in [1.29, 1.82) is 0 Å². The molecule has 0 N–H and O–H groups in total. The molecule has 2 rings (SSSR count). The fourth-order valence-electron chi connectivity index (χ4n) is 2.19. The van der Waals surface area contributed by atoms with Gasteiger partial charge in [0.25, 0.3) is 0 Å². The predicted molar refractivity (Wildman–Crippen MR) is 69.6 cm³/mol. The zero-order chi connectivity index (χ0) is 12.0. The molecule has 2 saturated heterocycles. The first-order valence-corrected chi connectivity index (χ1v) is 5.92. The van der Waals surface area contributed by atoms with Crippen molar-refractivity contribution >= 4 is 0 Å². The molecule has 0 aliphatic carbocycles. The summed E-state index contributed by atoms with van der Waals surface area (Å²) in [6.45, 7) is 16.2. The fourth-order valence-corrected chi connectivity index (χ4v) is 2.19. The van der Waals surface area contributed by atoms with Crippen LogP contribution in [0.1, 0.15) is 19.8 Å². The molecule has 2 heterocycles. The molecule has 0 amide bonds. The van der Waals surface area contributed by atoms with Crippen LogP contribution in [-0.4, -0.2) is 36.7 Å². The van der Waals surface area contributed by atoms with Crippen LogP contribution in [0.25, 0.3) is 0 Å². The van der Waals surface area contributed by atoms with Gasteiger partial charge < -0.3 is 4.74 Å². The number of allylic oxidation sites excluding steroid dienone is 1. The van der Waals surface area contributed by atoms with Crippen LogP contribution in [0, 0.1) is 0 Å². The van der Waals surface area contributed by atoms with Crippen LogP contribution in [0.4, 0.5) is 0 Å². The second-order valence-electron chi connectivity index (χ2n) is 4.35. The van der Waals surface area contributed by atoms with Gasteiger partial charge in [-0.25, -0.2) is 0 Å². The third kappa shape index (κ3) is 3.32. The van der Waals surface area contributed by atoms with Gasteiger partial charge in [0, 0.05) is 13.1 Å². The van der Waals surface area contributed by atoms with Gasteiger partial charge in [0.15, 0.2) is 0 Å². The number of rotatable bonds is 3. The third-order valence-electron chi connectivity index (χ3n) is 3.21. The van der Waals surface area contributed by atoms with Gasteiger partial charge in [0.1, 0.15) is 5.60 Å². The van der Waals surface area contributed by atoms with Crippen molar-refractivity contribution in [3.63, 3.8) is 0 Å². The van der Waals surface area contributed by atoms with Gasteiger partial charge in [-0.05, 0) is 31.9 Å². The summed E-state index contributed by atoms with van der Waals surface area (Å²) in [6.07, 6.45) is 6.62. The lowest BCUT2D eigenvalue weighted by Crippen LogP contribution is -2.41. The van der Waals surface area contributed by atoms with Crippen molar-refractivity contribution in [1.82, 2.24) is 4.90 Å². The fraction of sp³-hybridized carbons (Fsp3) is 0.571. The van der Waals surface area contributed by atoms with Crippen LogP contribution >= 0.6 is 0 Å². The average Bonchev–Trinajstić information content (AvgIpc) is 3.08. The van der Waals surface area contributed by atoms with Crippen LogP contribution in [-0.2, 0) is 4.74 Å². The Hall–Kier alpha value is -0.860. The maximum Gasteiger partial charge on any atom is 0.104 e. The van der Waals surface area contributed by atoms with E-state index in [1.165, 1.54) is 25.0 Å². The molecule has 1 unspecified atom stereocenters. The van der Waals surface area contributed by atoms with E-state index < -0.39 is 0 Å². The molecule has 2 fully saturated rings. The lowest BCUT2D eigenvalue weighted by Gasteiger charge is -2.31. The second kappa shape index (κ2) is 6.02. The summed E-state index contributed by atoms with van der Waals surface area (Å²) < 4.78 is 5.53. The maximum atomic E-state index is 5.53. The topological polar surface area (TPSA) is 15.8 Å². The summed E-state index contributed by atoms with van der Waals surface area (Å²) in [5.74, 6) is 0. The van der Waals surface area contributed by atoms with Crippen molar-refractivity contribution in [2.24, 2.45) is 0 Å². The molecule has 1 atom stereocenters. The van der Waals surface area contributed by atoms with E-state index >= 15 is 0 Å². The van der Waals surface area contributed by atoms with Gasteiger partial charge in [-0.3, -0.25) is 4.90 Å². The zero-order valence-corrected chi connectivity index (χ0v) is 10.4. The first-order valence-electron chi connectivity index (χ1n) is 5.92. The monoisotopic (exact) mass is 221 g/mol. The molecule has 0 aromatic rings. The molecule has 2 heteroatoms. The lowest BCUT2D eigenvalue weighted by molar-refractivity contribution is 0.144. The first-order chi connectivity index (χ1) is 7.78. The number of piperidine rings is 1. The van der Waals surface area contributed by atoms with E-state index in [4.69, 9.17) is 4.74 Å². The molecule has 2 aliphatic heterocycles. The molecule has 2 nitrogen and oxygen atoms in total. The normalized spacial score (nSPS) is 29.4. The molecule has 0 aromatic carbocycles. The zero-order valence-electron chi connectivity index (χ0n) is 10.4. The number of ether oxygens (including phenoxy) is 1. The lowest BCUT2D eigenvalue weighted by atomic mass is 9.98. The molecule has 0 aromatic heterocycles. The Labute approximate surface area is 99.3 Å². The largest absolute Gasteiger partial charge is 0.368 e. The summed E-state index contributed by atoms with van der Waals surface area (Å²) >= 11 is 0. The molecule has 16 heavy (non-hydrogen) atoms. The van der Waals surface area contributed by atoms with E-state index in [1.54, 1.807) is 0 Å². The van der Waals surface area contributed by atoms with E-state index in [9.17, 15) is 0 Å². The molecular weight excluding hydrogens is 198 g/mol. The highest BCUT2D eigenvalue weighted by Crippen LogP contribution is 2.36. The first kappa shape index (κ1) is 13.2. The number of hydrogen-bond donors (Lipinski definition) is 0. The summed E-state index contributed by atoms with van der Waals surface area (Å²) in [7, 11) is 0. The smallest absolute Gasteiger partial charge is 0.104 e. The molecule has 0 bridgehead atoms. The van der Waals surface area contributed by atoms with E-state index in [0.29, 0.717) is 0 Å². The van der Waals surface area contributed by atoms with E-state index in [0.717, 1.165) is 19.7 Å². The van der Waals surface area contributed by atoms with Crippen molar-refractivity contribution in [3.8, 4) is 0 Å². The van der Waals surface area contributed by atoms with Crippen LogP contribution in [0.2, 0.25) is 0 Å². The Kier molecular flexibility index (Phi) is 4.97. The maximum absolute atomic E-state index is 5.53. The van der Waals surface area contributed by atoms with E-state index in [2.05, 4.69) is 37.6 Å². The Bertz CT molecular complexity index is 266. The highest BCUT2D eigenvalue weighted by Gasteiger charge is 2.47. The number of hydrogen-bond acceptors (Lipinski definition) is 2. The molecular formula is C14H23NO.